The largest absolute Gasteiger partial charge is 0.381 e. The molecule has 1 heterocycles. The molecular formula is C11H15NO2. The lowest BCUT2D eigenvalue weighted by molar-refractivity contribution is 0.0791. The van der Waals surface area contributed by atoms with Gasteiger partial charge < -0.3 is 4.74 Å². The zero-order valence-electron chi connectivity index (χ0n) is 8.78. The first-order valence-corrected chi connectivity index (χ1v) is 4.62. The normalized spacial score (nSPS) is 12.5. The van der Waals surface area contributed by atoms with Crippen molar-refractivity contribution in [1.82, 2.24) is 4.98 Å². The Morgan fingerprint density at radius 2 is 2.29 bits per heavy atom. The number of ether oxygens (including phenoxy) is 1. The molecule has 0 aromatic carbocycles. The molecule has 76 valence electrons. The number of carbonyl (C=O) groups excluding carboxylic acids is 1. The fourth-order valence-electron chi connectivity index (χ4n) is 1.10. The second-order valence-electron chi connectivity index (χ2n) is 3.36. The standard InChI is InChI=1S/C11H15NO2/c1-8-4-5-10(7-12-8)11(13)6-9(2)14-3/h4-5,7,9H,6H2,1-3H3. The van der Waals surface area contributed by atoms with E-state index in [1.54, 1.807) is 19.4 Å². The highest BCUT2D eigenvalue weighted by Crippen LogP contribution is 2.06. The second kappa shape index (κ2) is 4.86. The van der Waals surface area contributed by atoms with Gasteiger partial charge in [0.05, 0.1) is 6.10 Å². The van der Waals surface area contributed by atoms with E-state index in [1.165, 1.54) is 0 Å². The Balaban J connectivity index is 2.65. The zero-order chi connectivity index (χ0) is 10.6. The van der Waals surface area contributed by atoms with Gasteiger partial charge in [0.1, 0.15) is 0 Å². The van der Waals surface area contributed by atoms with Gasteiger partial charge in [0.2, 0.25) is 0 Å². The minimum Gasteiger partial charge on any atom is -0.381 e. The number of hydrogen-bond donors (Lipinski definition) is 0. The van der Waals surface area contributed by atoms with Crippen molar-refractivity contribution in [2.75, 3.05) is 7.11 Å². The van der Waals surface area contributed by atoms with Crippen LogP contribution in [0, 0.1) is 6.92 Å². The predicted octanol–water partition coefficient (Wildman–Crippen LogP) is 2.00. The SMILES string of the molecule is COC(C)CC(=O)c1ccc(C)nc1. The van der Waals surface area contributed by atoms with E-state index in [2.05, 4.69) is 4.98 Å². The Hall–Kier alpha value is -1.22. The molecule has 0 radical (unpaired) electrons. The van der Waals surface area contributed by atoms with Crippen molar-refractivity contribution in [3.8, 4) is 0 Å². The van der Waals surface area contributed by atoms with Gasteiger partial charge >= 0.3 is 0 Å². The third-order valence-electron chi connectivity index (χ3n) is 2.11. The minimum atomic E-state index is -0.0381. The Labute approximate surface area is 84.1 Å². The van der Waals surface area contributed by atoms with Crippen molar-refractivity contribution in [2.24, 2.45) is 0 Å². The Kier molecular flexibility index (Phi) is 3.77. The third kappa shape index (κ3) is 2.92. The van der Waals surface area contributed by atoms with Gasteiger partial charge in [-0.3, -0.25) is 9.78 Å². The summed E-state index contributed by atoms with van der Waals surface area (Å²) in [6.07, 6.45) is 1.98. The Bertz CT molecular complexity index is 306. The molecule has 0 N–H and O–H groups in total. The molecule has 0 aliphatic carbocycles. The van der Waals surface area contributed by atoms with E-state index in [4.69, 9.17) is 4.74 Å². The van der Waals surface area contributed by atoms with Crippen LogP contribution in [0.3, 0.4) is 0 Å². The van der Waals surface area contributed by atoms with Gasteiger partial charge in [-0.2, -0.15) is 0 Å². The average molecular weight is 193 g/mol. The molecule has 0 aliphatic rings. The summed E-state index contributed by atoms with van der Waals surface area (Å²) in [5, 5.41) is 0. The highest BCUT2D eigenvalue weighted by molar-refractivity contribution is 5.96. The summed E-state index contributed by atoms with van der Waals surface area (Å²) in [5.74, 6) is 0.0758. The summed E-state index contributed by atoms with van der Waals surface area (Å²) in [6.45, 7) is 3.77. The van der Waals surface area contributed by atoms with Crippen molar-refractivity contribution in [3.05, 3.63) is 29.6 Å². The van der Waals surface area contributed by atoms with E-state index >= 15 is 0 Å². The van der Waals surface area contributed by atoms with Gasteiger partial charge in [0.25, 0.3) is 0 Å². The van der Waals surface area contributed by atoms with Crippen LogP contribution in [0.25, 0.3) is 0 Å². The quantitative estimate of drug-likeness (QED) is 0.686. The molecule has 3 nitrogen and oxygen atoms in total. The lowest BCUT2D eigenvalue weighted by Crippen LogP contribution is -2.12. The number of methoxy groups -OCH3 is 1. The number of carbonyl (C=O) groups is 1. The van der Waals surface area contributed by atoms with E-state index in [-0.39, 0.29) is 11.9 Å². The predicted molar refractivity (Wildman–Crippen MR) is 54.4 cm³/mol. The number of pyridine rings is 1. The Morgan fingerprint density at radius 1 is 1.57 bits per heavy atom. The molecule has 0 bridgehead atoms. The molecular weight excluding hydrogens is 178 g/mol. The third-order valence-corrected chi connectivity index (χ3v) is 2.11. The van der Waals surface area contributed by atoms with Crippen LogP contribution in [0.2, 0.25) is 0 Å². The van der Waals surface area contributed by atoms with Crippen LogP contribution in [-0.4, -0.2) is 24.0 Å². The molecule has 3 heteroatoms. The molecule has 1 aromatic rings. The fourth-order valence-corrected chi connectivity index (χ4v) is 1.10. The molecule has 0 aliphatic heterocycles. The zero-order valence-corrected chi connectivity index (χ0v) is 8.78. The summed E-state index contributed by atoms with van der Waals surface area (Å²) in [6, 6.07) is 3.64. The molecule has 0 spiro atoms. The lowest BCUT2D eigenvalue weighted by Gasteiger charge is -2.07. The molecule has 0 saturated heterocycles. The van der Waals surface area contributed by atoms with Crippen molar-refractivity contribution < 1.29 is 9.53 Å². The maximum Gasteiger partial charge on any atom is 0.166 e. The molecule has 1 aromatic heterocycles. The van der Waals surface area contributed by atoms with Crippen LogP contribution in [0.1, 0.15) is 29.4 Å². The van der Waals surface area contributed by atoms with Crippen LogP contribution in [0.5, 0.6) is 0 Å². The van der Waals surface area contributed by atoms with Gasteiger partial charge in [-0.25, -0.2) is 0 Å². The average Bonchev–Trinajstić information content (AvgIpc) is 2.18. The lowest BCUT2D eigenvalue weighted by atomic mass is 10.1. The molecule has 0 amide bonds. The summed E-state index contributed by atoms with van der Waals surface area (Å²) in [7, 11) is 1.60. The molecule has 0 fully saturated rings. The number of hydrogen-bond acceptors (Lipinski definition) is 3. The van der Waals surface area contributed by atoms with E-state index in [0.29, 0.717) is 12.0 Å². The van der Waals surface area contributed by atoms with Crippen LogP contribution in [0.15, 0.2) is 18.3 Å². The van der Waals surface area contributed by atoms with Crippen molar-refractivity contribution in [3.63, 3.8) is 0 Å². The monoisotopic (exact) mass is 193 g/mol. The second-order valence-corrected chi connectivity index (χ2v) is 3.36. The number of nitrogens with zero attached hydrogens (tertiary/aromatic N) is 1. The molecule has 1 rings (SSSR count). The first-order valence-electron chi connectivity index (χ1n) is 4.62. The summed E-state index contributed by atoms with van der Waals surface area (Å²) >= 11 is 0. The van der Waals surface area contributed by atoms with Crippen molar-refractivity contribution in [2.45, 2.75) is 26.4 Å². The van der Waals surface area contributed by atoms with Crippen molar-refractivity contribution >= 4 is 5.78 Å². The summed E-state index contributed by atoms with van der Waals surface area (Å²) in [4.78, 5) is 15.7. The van der Waals surface area contributed by atoms with Gasteiger partial charge in [0.15, 0.2) is 5.78 Å². The van der Waals surface area contributed by atoms with Crippen LogP contribution in [-0.2, 0) is 4.74 Å². The maximum atomic E-state index is 11.6. The number of aryl methyl sites for hydroxylation is 1. The summed E-state index contributed by atoms with van der Waals surface area (Å²) < 4.78 is 5.02. The first kappa shape index (κ1) is 10.9. The topological polar surface area (TPSA) is 39.2 Å². The van der Waals surface area contributed by atoms with Crippen LogP contribution in [0.4, 0.5) is 0 Å². The molecule has 1 unspecified atom stereocenters. The van der Waals surface area contributed by atoms with Crippen molar-refractivity contribution in [1.29, 1.82) is 0 Å². The Morgan fingerprint density at radius 3 is 2.79 bits per heavy atom. The minimum absolute atomic E-state index is 0.0381. The van der Waals surface area contributed by atoms with E-state index in [1.807, 2.05) is 19.9 Å². The van der Waals surface area contributed by atoms with Crippen LogP contribution >= 0.6 is 0 Å². The highest BCUT2D eigenvalue weighted by atomic mass is 16.5. The smallest absolute Gasteiger partial charge is 0.166 e. The van der Waals surface area contributed by atoms with Gasteiger partial charge in [0, 0.05) is 31.0 Å². The van der Waals surface area contributed by atoms with E-state index in [0.717, 1.165) is 5.69 Å². The van der Waals surface area contributed by atoms with E-state index < -0.39 is 0 Å². The van der Waals surface area contributed by atoms with Gasteiger partial charge in [-0.1, -0.05) is 0 Å². The van der Waals surface area contributed by atoms with Crippen LogP contribution < -0.4 is 0 Å². The molecule has 0 saturated carbocycles. The number of Topliss-reactive ketones (excluding diaryl/α,β-unsaturated/α-hetero) is 1. The van der Waals surface area contributed by atoms with E-state index in [9.17, 15) is 4.79 Å². The van der Waals surface area contributed by atoms with Gasteiger partial charge in [-0.15, -0.1) is 0 Å². The number of rotatable bonds is 4. The maximum absolute atomic E-state index is 11.6. The summed E-state index contributed by atoms with van der Waals surface area (Å²) in [5.41, 5.74) is 1.57. The number of ketones is 1. The number of aromatic nitrogens is 1. The molecule has 1 atom stereocenters. The highest BCUT2D eigenvalue weighted by Gasteiger charge is 2.10. The fraction of sp³-hybridized carbons (Fsp3) is 0.455. The first-order chi connectivity index (χ1) is 6.63. The molecule has 14 heavy (non-hydrogen) atoms. The van der Waals surface area contributed by atoms with Gasteiger partial charge in [-0.05, 0) is 26.0 Å².